The van der Waals surface area contributed by atoms with Crippen LogP contribution in [0.4, 0.5) is 0 Å². The number of nitrogens with one attached hydrogen (secondary N) is 1. The summed E-state index contributed by atoms with van der Waals surface area (Å²) >= 11 is 0. The third-order valence-electron chi connectivity index (χ3n) is 4.13. The number of likely N-dealkylation sites (tertiary alicyclic amines) is 1. The second-order valence-corrected chi connectivity index (χ2v) is 5.53. The van der Waals surface area contributed by atoms with E-state index in [0.29, 0.717) is 0 Å². The smallest absolute Gasteiger partial charge is 0.00156 e. The minimum absolute atomic E-state index is 0.957. The monoisotopic (exact) mass is 210 g/mol. The topological polar surface area (TPSA) is 15.3 Å². The molecule has 1 N–H and O–H groups in total. The lowest BCUT2D eigenvalue weighted by molar-refractivity contribution is 0.176. The first-order valence-electron chi connectivity index (χ1n) is 6.77. The van der Waals surface area contributed by atoms with Gasteiger partial charge in [-0.05, 0) is 76.7 Å². The van der Waals surface area contributed by atoms with Crippen molar-refractivity contribution in [2.45, 2.75) is 39.0 Å². The number of hydrogen-bond acceptors (Lipinski definition) is 2. The predicted molar refractivity (Wildman–Crippen MR) is 65.0 cm³/mol. The molecule has 0 saturated carbocycles. The maximum Gasteiger partial charge on any atom is -0.00156 e. The molecule has 2 heterocycles. The van der Waals surface area contributed by atoms with Gasteiger partial charge in [-0.25, -0.2) is 0 Å². The van der Waals surface area contributed by atoms with Crippen molar-refractivity contribution in [3.8, 4) is 0 Å². The second-order valence-electron chi connectivity index (χ2n) is 5.53. The van der Waals surface area contributed by atoms with E-state index in [0.717, 1.165) is 11.8 Å². The number of nitrogens with zero attached hydrogens (tertiary/aromatic N) is 1. The molecule has 0 aromatic heterocycles. The minimum atomic E-state index is 0.957. The SMILES string of the molecule is CC1CCN(CC[C@@H]2CCCNC2)CC1. The van der Waals surface area contributed by atoms with E-state index >= 15 is 0 Å². The molecule has 88 valence electrons. The van der Waals surface area contributed by atoms with Gasteiger partial charge in [0.05, 0.1) is 0 Å². The Hall–Kier alpha value is -0.0800. The van der Waals surface area contributed by atoms with Crippen LogP contribution < -0.4 is 5.32 Å². The van der Waals surface area contributed by atoms with Gasteiger partial charge in [0.15, 0.2) is 0 Å². The average molecular weight is 210 g/mol. The van der Waals surface area contributed by atoms with E-state index in [2.05, 4.69) is 17.1 Å². The Bertz CT molecular complexity index is 167. The molecule has 0 unspecified atom stereocenters. The van der Waals surface area contributed by atoms with Crippen LogP contribution in [0.2, 0.25) is 0 Å². The first-order valence-corrected chi connectivity index (χ1v) is 6.77. The summed E-state index contributed by atoms with van der Waals surface area (Å²) < 4.78 is 0. The van der Waals surface area contributed by atoms with E-state index in [1.54, 1.807) is 0 Å². The fourth-order valence-electron chi connectivity index (χ4n) is 2.82. The molecule has 0 aromatic rings. The lowest BCUT2D eigenvalue weighted by Gasteiger charge is -2.32. The Kier molecular flexibility index (Phi) is 4.45. The van der Waals surface area contributed by atoms with Crippen LogP contribution in [0.1, 0.15) is 39.0 Å². The molecule has 0 spiro atoms. The standard InChI is InChI=1S/C13H26N2/c1-12-4-8-15(9-5-12)10-6-13-3-2-7-14-11-13/h12-14H,2-11H2,1H3/t13-/m0/s1. The lowest BCUT2D eigenvalue weighted by atomic mass is 9.94. The molecule has 2 nitrogen and oxygen atoms in total. The maximum absolute atomic E-state index is 3.51. The van der Waals surface area contributed by atoms with Crippen molar-refractivity contribution in [1.29, 1.82) is 0 Å². The zero-order chi connectivity index (χ0) is 10.5. The van der Waals surface area contributed by atoms with Crippen molar-refractivity contribution in [1.82, 2.24) is 10.2 Å². The quantitative estimate of drug-likeness (QED) is 0.767. The number of piperidine rings is 2. The van der Waals surface area contributed by atoms with Crippen LogP contribution in [-0.2, 0) is 0 Å². The van der Waals surface area contributed by atoms with Crippen LogP contribution in [0, 0.1) is 11.8 Å². The van der Waals surface area contributed by atoms with Gasteiger partial charge in [0, 0.05) is 0 Å². The van der Waals surface area contributed by atoms with Gasteiger partial charge in [-0.15, -0.1) is 0 Å². The van der Waals surface area contributed by atoms with Crippen LogP contribution >= 0.6 is 0 Å². The van der Waals surface area contributed by atoms with Gasteiger partial charge in [-0.2, -0.15) is 0 Å². The van der Waals surface area contributed by atoms with Gasteiger partial charge < -0.3 is 10.2 Å². The van der Waals surface area contributed by atoms with Crippen molar-refractivity contribution < 1.29 is 0 Å². The average Bonchev–Trinajstić information content (AvgIpc) is 2.30. The van der Waals surface area contributed by atoms with Gasteiger partial charge in [0.2, 0.25) is 0 Å². The summed E-state index contributed by atoms with van der Waals surface area (Å²) in [5.74, 6) is 1.93. The molecule has 2 aliphatic rings. The highest BCUT2D eigenvalue weighted by Gasteiger charge is 2.18. The molecule has 2 saturated heterocycles. The van der Waals surface area contributed by atoms with Crippen LogP contribution in [0.5, 0.6) is 0 Å². The Morgan fingerprint density at radius 1 is 1.20 bits per heavy atom. The summed E-state index contributed by atoms with van der Waals surface area (Å²) in [6, 6.07) is 0. The first kappa shape index (κ1) is 11.4. The van der Waals surface area contributed by atoms with Gasteiger partial charge >= 0.3 is 0 Å². The van der Waals surface area contributed by atoms with Gasteiger partial charge in [0.1, 0.15) is 0 Å². The maximum atomic E-state index is 3.51. The van der Waals surface area contributed by atoms with Crippen molar-refractivity contribution >= 4 is 0 Å². The van der Waals surface area contributed by atoms with Crippen LogP contribution in [0.25, 0.3) is 0 Å². The van der Waals surface area contributed by atoms with Crippen molar-refractivity contribution in [2.75, 3.05) is 32.7 Å². The van der Waals surface area contributed by atoms with Gasteiger partial charge in [0.25, 0.3) is 0 Å². The molecule has 15 heavy (non-hydrogen) atoms. The van der Waals surface area contributed by atoms with Crippen LogP contribution in [0.3, 0.4) is 0 Å². The third-order valence-corrected chi connectivity index (χ3v) is 4.13. The molecule has 2 heteroatoms. The fraction of sp³-hybridized carbons (Fsp3) is 1.00. The zero-order valence-corrected chi connectivity index (χ0v) is 10.2. The second kappa shape index (κ2) is 5.86. The van der Waals surface area contributed by atoms with Gasteiger partial charge in [-0.1, -0.05) is 6.92 Å². The molecule has 1 atom stereocenters. The number of hydrogen-bond donors (Lipinski definition) is 1. The highest BCUT2D eigenvalue weighted by molar-refractivity contribution is 4.73. The van der Waals surface area contributed by atoms with Crippen LogP contribution in [0.15, 0.2) is 0 Å². The Morgan fingerprint density at radius 3 is 2.67 bits per heavy atom. The summed E-state index contributed by atoms with van der Waals surface area (Å²) in [5.41, 5.74) is 0. The molecular formula is C13H26N2. The van der Waals surface area contributed by atoms with Crippen molar-refractivity contribution in [3.63, 3.8) is 0 Å². The van der Waals surface area contributed by atoms with E-state index < -0.39 is 0 Å². The Labute approximate surface area is 94.4 Å². The number of rotatable bonds is 3. The first-order chi connectivity index (χ1) is 7.34. The Balaban J connectivity index is 1.60. The summed E-state index contributed by atoms with van der Waals surface area (Å²) in [5, 5.41) is 3.51. The highest BCUT2D eigenvalue weighted by atomic mass is 15.1. The molecule has 0 aliphatic carbocycles. The zero-order valence-electron chi connectivity index (χ0n) is 10.2. The molecule has 0 radical (unpaired) electrons. The predicted octanol–water partition coefficient (Wildman–Crippen LogP) is 2.11. The van der Waals surface area contributed by atoms with E-state index in [-0.39, 0.29) is 0 Å². The molecular weight excluding hydrogens is 184 g/mol. The van der Waals surface area contributed by atoms with E-state index in [1.807, 2.05) is 0 Å². The summed E-state index contributed by atoms with van der Waals surface area (Å²) in [6.45, 7) is 8.95. The largest absolute Gasteiger partial charge is 0.316 e. The van der Waals surface area contributed by atoms with Gasteiger partial charge in [-0.3, -0.25) is 0 Å². The van der Waals surface area contributed by atoms with E-state index in [9.17, 15) is 0 Å². The lowest BCUT2D eigenvalue weighted by Crippen LogP contribution is -2.36. The minimum Gasteiger partial charge on any atom is -0.316 e. The summed E-state index contributed by atoms with van der Waals surface area (Å²) in [4.78, 5) is 2.68. The van der Waals surface area contributed by atoms with E-state index in [1.165, 1.54) is 64.8 Å². The molecule has 0 amide bonds. The molecule has 0 bridgehead atoms. The Morgan fingerprint density at radius 2 is 2.00 bits per heavy atom. The normalized spacial score (nSPS) is 30.6. The molecule has 2 fully saturated rings. The molecule has 0 aromatic carbocycles. The van der Waals surface area contributed by atoms with E-state index in [4.69, 9.17) is 0 Å². The fourth-order valence-corrected chi connectivity index (χ4v) is 2.82. The van der Waals surface area contributed by atoms with Crippen molar-refractivity contribution in [2.24, 2.45) is 11.8 Å². The van der Waals surface area contributed by atoms with Crippen molar-refractivity contribution in [3.05, 3.63) is 0 Å². The highest BCUT2D eigenvalue weighted by Crippen LogP contribution is 2.19. The van der Waals surface area contributed by atoms with Crippen LogP contribution in [-0.4, -0.2) is 37.6 Å². The summed E-state index contributed by atoms with van der Waals surface area (Å²) in [7, 11) is 0. The third kappa shape index (κ3) is 3.76. The molecule has 2 rings (SSSR count). The summed E-state index contributed by atoms with van der Waals surface area (Å²) in [6.07, 6.45) is 7.10. The molecule has 2 aliphatic heterocycles.